The Morgan fingerprint density at radius 3 is 1.12 bits per heavy atom. The summed E-state index contributed by atoms with van der Waals surface area (Å²) in [5.41, 5.74) is 0. The molecule has 0 aliphatic heterocycles. The smallest absolute Gasteiger partial charge is 0.659 e. The van der Waals surface area contributed by atoms with Crippen LogP contribution in [0.3, 0.4) is 0 Å². The Morgan fingerprint density at radius 1 is 0.583 bits per heavy atom. The fourth-order valence-corrected chi connectivity index (χ4v) is 14.8. The predicted molar refractivity (Wildman–Crippen MR) is 109 cm³/mol. The van der Waals surface area contributed by atoms with Gasteiger partial charge in [0.25, 0.3) is 0 Å². The third kappa shape index (κ3) is 4.33. The molecule has 0 amide bonds. The van der Waals surface area contributed by atoms with E-state index in [1.165, 1.54) is 34.5 Å². The largest absolute Gasteiger partial charge is 1.00 e. The van der Waals surface area contributed by atoms with E-state index in [0.29, 0.717) is 0 Å². The van der Waals surface area contributed by atoms with Crippen molar-refractivity contribution >= 4 is 26.8 Å². The molecule has 2 aromatic rings. The molecule has 0 heterocycles. The maximum atomic E-state index is 5.83. The standard InChI is InChI=1S/C20H30NSi2.Li/c1-5-22(6-2,19-15-11-9-12-16-19)21-23(7-3,8-4)20-17-13-10-14-18-20;/h9-18H,5-8H2,1-4H3;/q-1;+1. The molecular weight excluding hydrogens is 317 g/mol. The van der Waals surface area contributed by atoms with Gasteiger partial charge in [-0.05, 0) is 16.5 Å². The third-order valence-electron chi connectivity index (χ3n) is 5.39. The number of benzene rings is 2. The molecule has 24 heavy (non-hydrogen) atoms. The minimum Gasteiger partial charge on any atom is -0.659 e. The SMILES string of the molecule is CC[Si](CC)([N-][Si](CC)(CC)c1ccccc1)c1ccccc1.[Li+]. The molecule has 0 atom stereocenters. The first-order chi connectivity index (χ1) is 11.2. The van der Waals surface area contributed by atoms with Crippen molar-refractivity contribution in [3.63, 3.8) is 0 Å². The maximum absolute atomic E-state index is 5.83. The molecule has 0 saturated heterocycles. The van der Waals surface area contributed by atoms with E-state index in [2.05, 4.69) is 88.4 Å². The normalized spacial score (nSPS) is 11.8. The van der Waals surface area contributed by atoms with Gasteiger partial charge in [-0.15, -0.1) is 0 Å². The van der Waals surface area contributed by atoms with Crippen LogP contribution in [0.25, 0.3) is 4.65 Å². The Morgan fingerprint density at radius 2 is 0.875 bits per heavy atom. The molecule has 0 radical (unpaired) electrons. The summed E-state index contributed by atoms with van der Waals surface area (Å²) in [6.45, 7) is 9.40. The Hall–Kier alpha value is -0.569. The second-order valence-electron chi connectivity index (χ2n) is 6.32. The van der Waals surface area contributed by atoms with E-state index in [4.69, 9.17) is 4.65 Å². The Bertz CT molecular complexity index is 528. The van der Waals surface area contributed by atoms with Crippen LogP contribution in [0.15, 0.2) is 60.7 Å². The van der Waals surface area contributed by atoms with Gasteiger partial charge in [-0.2, -0.15) is 0 Å². The van der Waals surface area contributed by atoms with Crippen LogP contribution >= 0.6 is 0 Å². The molecule has 0 aliphatic carbocycles. The summed E-state index contributed by atoms with van der Waals surface area (Å²) in [6, 6.07) is 27.1. The predicted octanol–water partition coefficient (Wildman–Crippen LogP) is 2.15. The van der Waals surface area contributed by atoms with E-state index < -0.39 is 16.5 Å². The molecule has 0 unspecified atom stereocenters. The Balaban J connectivity index is 0.00000288. The quantitative estimate of drug-likeness (QED) is 0.650. The minimum absolute atomic E-state index is 0. The maximum Gasteiger partial charge on any atom is 1.00 e. The van der Waals surface area contributed by atoms with E-state index in [1.807, 2.05) is 0 Å². The van der Waals surface area contributed by atoms with Crippen molar-refractivity contribution in [2.45, 2.75) is 51.9 Å². The first kappa shape index (κ1) is 21.5. The molecule has 4 heteroatoms. The summed E-state index contributed by atoms with van der Waals surface area (Å²) in [7, 11) is -3.59. The van der Waals surface area contributed by atoms with Crippen LogP contribution in [0.5, 0.6) is 0 Å². The van der Waals surface area contributed by atoms with E-state index >= 15 is 0 Å². The van der Waals surface area contributed by atoms with Gasteiger partial charge in [0.05, 0.1) is 0 Å². The molecule has 0 saturated carbocycles. The van der Waals surface area contributed by atoms with Crippen molar-refractivity contribution < 1.29 is 18.9 Å². The fraction of sp³-hybridized carbons (Fsp3) is 0.400. The van der Waals surface area contributed by atoms with E-state index in [0.717, 1.165) is 0 Å². The van der Waals surface area contributed by atoms with Gasteiger partial charge in [0.15, 0.2) is 0 Å². The van der Waals surface area contributed by atoms with Gasteiger partial charge >= 0.3 is 18.9 Å². The minimum atomic E-state index is -1.79. The van der Waals surface area contributed by atoms with Crippen molar-refractivity contribution in [2.24, 2.45) is 0 Å². The van der Waals surface area contributed by atoms with Gasteiger partial charge in [0.2, 0.25) is 0 Å². The zero-order chi connectivity index (χ0) is 16.8. The van der Waals surface area contributed by atoms with Crippen molar-refractivity contribution in [2.75, 3.05) is 0 Å². The van der Waals surface area contributed by atoms with Crippen molar-refractivity contribution in [1.82, 2.24) is 0 Å². The molecule has 0 bridgehead atoms. The zero-order valence-corrected chi connectivity index (χ0v) is 18.0. The molecule has 0 fully saturated rings. The first-order valence-electron chi connectivity index (χ1n) is 9.01. The Labute approximate surface area is 162 Å². The van der Waals surface area contributed by atoms with Gasteiger partial charge in [0, 0.05) is 0 Å². The van der Waals surface area contributed by atoms with Crippen molar-refractivity contribution in [3.8, 4) is 0 Å². The van der Waals surface area contributed by atoms with Crippen LogP contribution in [-0.4, -0.2) is 16.5 Å². The molecule has 2 rings (SSSR count). The van der Waals surface area contributed by atoms with Crippen LogP contribution in [0, 0.1) is 0 Å². The summed E-state index contributed by atoms with van der Waals surface area (Å²) in [6.07, 6.45) is 0. The van der Waals surface area contributed by atoms with E-state index in [1.54, 1.807) is 0 Å². The monoisotopic (exact) mass is 347 g/mol. The van der Waals surface area contributed by atoms with Crippen molar-refractivity contribution in [1.29, 1.82) is 0 Å². The summed E-state index contributed by atoms with van der Waals surface area (Å²) >= 11 is 0. The molecule has 1 nitrogen and oxygen atoms in total. The molecule has 124 valence electrons. The number of hydrogen-bond acceptors (Lipinski definition) is 0. The van der Waals surface area contributed by atoms with E-state index in [-0.39, 0.29) is 18.9 Å². The second-order valence-corrected chi connectivity index (χ2v) is 15.3. The van der Waals surface area contributed by atoms with Gasteiger partial charge in [-0.1, -0.05) is 123 Å². The summed E-state index contributed by atoms with van der Waals surface area (Å²) in [5, 5.41) is 3.03. The van der Waals surface area contributed by atoms with Crippen LogP contribution in [0.1, 0.15) is 27.7 Å². The van der Waals surface area contributed by atoms with Crippen LogP contribution in [-0.2, 0) is 0 Å². The molecule has 0 spiro atoms. The molecule has 0 aliphatic rings. The van der Waals surface area contributed by atoms with Gasteiger partial charge < -0.3 is 4.65 Å². The summed E-state index contributed by atoms with van der Waals surface area (Å²) < 4.78 is 5.83. The number of nitrogens with zero attached hydrogens (tertiary/aromatic N) is 1. The van der Waals surface area contributed by atoms with Gasteiger partial charge in [0.1, 0.15) is 0 Å². The van der Waals surface area contributed by atoms with Crippen molar-refractivity contribution in [3.05, 3.63) is 65.3 Å². The fourth-order valence-electron chi connectivity index (χ4n) is 3.67. The van der Waals surface area contributed by atoms with Gasteiger partial charge in [-0.25, -0.2) is 0 Å². The second kappa shape index (κ2) is 9.80. The van der Waals surface area contributed by atoms with Crippen LogP contribution in [0.2, 0.25) is 24.2 Å². The summed E-state index contributed by atoms with van der Waals surface area (Å²) in [4.78, 5) is 0. The number of hydrogen-bond donors (Lipinski definition) is 0. The Kier molecular flexibility index (Phi) is 8.76. The van der Waals surface area contributed by atoms with E-state index in [9.17, 15) is 0 Å². The zero-order valence-electron chi connectivity index (χ0n) is 16.0. The average molecular weight is 348 g/mol. The summed E-state index contributed by atoms with van der Waals surface area (Å²) in [5.74, 6) is 0. The molecule has 0 N–H and O–H groups in total. The first-order valence-corrected chi connectivity index (χ1v) is 13.7. The van der Waals surface area contributed by atoms with Crippen LogP contribution in [0.4, 0.5) is 0 Å². The molecular formula is C20H30LiNSi2. The average Bonchev–Trinajstić information content (AvgIpc) is 2.65. The third-order valence-corrected chi connectivity index (χ3v) is 16.3. The topological polar surface area (TPSA) is 14.1 Å². The van der Waals surface area contributed by atoms with Gasteiger partial charge in [-0.3, -0.25) is 0 Å². The number of rotatable bonds is 8. The molecule has 0 aromatic heterocycles. The van der Waals surface area contributed by atoms with Crippen LogP contribution < -0.4 is 29.2 Å². The molecule has 2 aromatic carbocycles.